The smallest absolute Gasteiger partial charge is 0.405 e. The topological polar surface area (TPSA) is 46.4 Å². The predicted molar refractivity (Wildman–Crippen MR) is 100 cm³/mol. The minimum absolute atomic E-state index is 0. The van der Waals surface area contributed by atoms with Gasteiger partial charge in [-0.1, -0.05) is 36.4 Å². The molecule has 1 aromatic heterocycles. The molecule has 4 nitrogen and oxygen atoms in total. The first-order valence-corrected chi connectivity index (χ1v) is 8.13. The second kappa shape index (κ2) is 8.65. The highest BCUT2D eigenvalue weighted by Crippen LogP contribution is 2.35. The normalized spacial score (nSPS) is 13.8. The molecule has 0 fully saturated rings. The van der Waals surface area contributed by atoms with Crippen molar-refractivity contribution >= 4 is 23.3 Å². The summed E-state index contributed by atoms with van der Waals surface area (Å²) in [6, 6.07) is 14.5. The summed E-state index contributed by atoms with van der Waals surface area (Å²) in [7, 11) is 1.67. The molecule has 0 saturated heterocycles. The van der Waals surface area contributed by atoms with E-state index < -0.39 is 18.5 Å². The minimum Gasteiger partial charge on any atom is -0.405 e. The summed E-state index contributed by atoms with van der Waals surface area (Å²) in [4.78, 5) is 0. The average Bonchev–Trinajstić information content (AvgIpc) is 3.00. The fourth-order valence-electron chi connectivity index (χ4n) is 3.15. The molecule has 0 amide bonds. The van der Waals surface area contributed by atoms with Crippen molar-refractivity contribution in [2.45, 2.75) is 18.5 Å². The van der Waals surface area contributed by atoms with Crippen LogP contribution < -0.4 is 10.1 Å². The van der Waals surface area contributed by atoms with E-state index in [9.17, 15) is 18.3 Å². The predicted octanol–water partition coefficient (Wildman–Crippen LogP) is 4.13. The molecular formula is C19H20ClF3N2O2. The van der Waals surface area contributed by atoms with Crippen molar-refractivity contribution in [2.75, 3.05) is 13.6 Å². The third kappa shape index (κ3) is 4.74. The Hall–Kier alpha value is -2.22. The van der Waals surface area contributed by atoms with E-state index in [4.69, 9.17) is 0 Å². The fourth-order valence-corrected chi connectivity index (χ4v) is 3.15. The molecule has 3 aromatic rings. The van der Waals surface area contributed by atoms with Gasteiger partial charge in [0, 0.05) is 23.8 Å². The molecule has 0 bridgehead atoms. The van der Waals surface area contributed by atoms with Gasteiger partial charge in [-0.05, 0) is 30.6 Å². The number of rotatable bonds is 6. The van der Waals surface area contributed by atoms with Crippen LogP contribution in [0.2, 0.25) is 0 Å². The molecule has 2 atom stereocenters. The lowest BCUT2D eigenvalue weighted by atomic mass is 9.99. The number of aromatic nitrogens is 1. The van der Waals surface area contributed by atoms with Crippen molar-refractivity contribution in [3.05, 3.63) is 66.4 Å². The second-order valence-corrected chi connectivity index (χ2v) is 5.94. The van der Waals surface area contributed by atoms with Gasteiger partial charge >= 0.3 is 6.36 Å². The van der Waals surface area contributed by atoms with Gasteiger partial charge in [-0.3, -0.25) is 0 Å². The van der Waals surface area contributed by atoms with Crippen molar-refractivity contribution in [1.82, 2.24) is 9.88 Å². The Morgan fingerprint density at radius 3 is 2.44 bits per heavy atom. The zero-order valence-corrected chi connectivity index (χ0v) is 15.3. The fraction of sp³-hybridized carbons (Fsp3) is 0.263. The molecule has 0 spiro atoms. The SMILES string of the molecule is CNC[C@H](O)[C@@H](c1ccccc1OC(F)(F)F)n1ccc2ccccc21.Cl. The molecule has 2 N–H and O–H groups in total. The zero-order chi connectivity index (χ0) is 18.7. The first-order chi connectivity index (χ1) is 12.4. The van der Waals surface area contributed by atoms with Crippen LogP contribution in [0.1, 0.15) is 11.6 Å². The molecule has 0 saturated carbocycles. The van der Waals surface area contributed by atoms with Crippen molar-refractivity contribution in [3.63, 3.8) is 0 Å². The summed E-state index contributed by atoms with van der Waals surface area (Å²) in [6.45, 7) is 0.206. The molecule has 146 valence electrons. The number of benzene rings is 2. The van der Waals surface area contributed by atoms with Crippen molar-refractivity contribution in [3.8, 4) is 5.75 Å². The van der Waals surface area contributed by atoms with E-state index >= 15 is 0 Å². The quantitative estimate of drug-likeness (QED) is 0.654. The average molecular weight is 401 g/mol. The van der Waals surface area contributed by atoms with Crippen LogP contribution in [0, 0.1) is 0 Å². The van der Waals surface area contributed by atoms with Crippen LogP contribution in [0.25, 0.3) is 10.9 Å². The molecule has 0 aliphatic rings. The van der Waals surface area contributed by atoms with Gasteiger partial charge in [0.2, 0.25) is 0 Å². The number of para-hydroxylation sites is 2. The molecule has 2 aromatic carbocycles. The maximum absolute atomic E-state index is 12.8. The van der Waals surface area contributed by atoms with Crippen molar-refractivity contribution < 1.29 is 23.0 Å². The van der Waals surface area contributed by atoms with Gasteiger partial charge in [0.25, 0.3) is 0 Å². The minimum atomic E-state index is -4.81. The molecule has 27 heavy (non-hydrogen) atoms. The molecular weight excluding hydrogens is 381 g/mol. The third-order valence-corrected chi connectivity index (χ3v) is 4.17. The van der Waals surface area contributed by atoms with Crippen molar-refractivity contribution in [2.24, 2.45) is 0 Å². The van der Waals surface area contributed by atoms with Gasteiger partial charge in [0.1, 0.15) is 5.75 Å². The Morgan fingerprint density at radius 2 is 1.74 bits per heavy atom. The number of aliphatic hydroxyl groups excluding tert-OH is 1. The summed E-state index contributed by atoms with van der Waals surface area (Å²) in [5.74, 6) is -0.321. The van der Waals surface area contributed by atoms with E-state index in [-0.39, 0.29) is 30.3 Å². The lowest BCUT2D eigenvalue weighted by molar-refractivity contribution is -0.275. The van der Waals surface area contributed by atoms with Crippen LogP contribution in [0.15, 0.2) is 60.8 Å². The van der Waals surface area contributed by atoms with Gasteiger partial charge < -0.3 is 19.7 Å². The maximum atomic E-state index is 12.8. The Balaban J connectivity index is 0.00000261. The van der Waals surface area contributed by atoms with Crippen molar-refractivity contribution in [1.29, 1.82) is 0 Å². The second-order valence-electron chi connectivity index (χ2n) is 5.94. The summed E-state index contributed by atoms with van der Waals surface area (Å²) in [6.07, 6.45) is -4.01. The van der Waals surface area contributed by atoms with E-state index in [2.05, 4.69) is 10.1 Å². The van der Waals surface area contributed by atoms with Gasteiger partial charge in [-0.15, -0.1) is 25.6 Å². The van der Waals surface area contributed by atoms with E-state index in [1.54, 1.807) is 29.9 Å². The third-order valence-electron chi connectivity index (χ3n) is 4.17. The Kier molecular flexibility index (Phi) is 6.75. The molecule has 0 aliphatic heterocycles. The number of halogens is 4. The highest BCUT2D eigenvalue weighted by atomic mass is 35.5. The highest BCUT2D eigenvalue weighted by Gasteiger charge is 2.34. The number of nitrogens with zero attached hydrogens (tertiary/aromatic N) is 1. The lowest BCUT2D eigenvalue weighted by Gasteiger charge is -2.28. The first kappa shape index (κ1) is 21.1. The summed E-state index contributed by atoms with van der Waals surface area (Å²) >= 11 is 0. The number of likely N-dealkylation sites (N-methyl/N-ethyl adjacent to an activating group) is 1. The zero-order valence-electron chi connectivity index (χ0n) is 14.5. The standard InChI is InChI=1S/C19H19F3N2O2.ClH/c1-23-12-16(25)18(24-11-10-13-6-2-4-8-15(13)24)14-7-3-5-9-17(14)26-19(20,21)22;/h2-11,16,18,23,25H,12H2,1H3;1H/t16-,18+;/m0./s1. The van der Waals surface area contributed by atoms with Gasteiger partial charge in [0.05, 0.1) is 12.1 Å². The van der Waals surface area contributed by atoms with E-state index in [1.165, 1.54) is 12.1 Å². The van der Waals surface area contributed by atoms with Crippen LogP contribution in [0.5, 0.6) is 5.75 Å². The molecule has 0 radical (unpaired) electrons. The number of nitrogens with one attached hydrogen (secondary N) is 1. The first-order valence-electron chi connectivity index (χ1n) is 8.13. The number of fused-ring (bicyclic) bond motifs is 1. The van der Waals surface area contributed by atoms with Gasteiger partial charge in [-0.2, -0.15) is 0 Å². The molecule has 0 aliphatic carbocycles. The van der Waals surface area contributed by atoms with E-state index in [1.807, 2.05) is 30.3 Å². The van der Waals surface area contributed by atoms with Crippen LogP contribution >= 0.6 is 12.4 Å². The number of aliphatic hydroxyl groups is 1. The summed E-state index contributed by atoms with van der Waals surface area (Å²) in [5, 5.41) is 14.5. The Morgan fingerprint density at radius 1 is 1.07 bits per heavy atom. The number of alkyl halides is 3. The lowest BCUT2D eigenvalue weighted by Crippen LogP contribution is -2.34. The van der Waals surface area contributed by atoms with Crippen LogP contribution in [0.4, 0.5) is 13.2 Å². The maximum Gasteiger partial charge on any atom is 0.573 e. The van der Waals surface area contributed by atoms with Crippen LogP contribution in [-0.4, -0.2) is 35.7 Å². The molecule has 3 rings (SSSR count). The highest BCUT2D eigenvalue weighted by molar-refractivity contribution is 5.85. The van der Waals surface area contributed by atoms with Gasteiger partial charge in [-0.25, -0.2) is 0 Å². The Bertz CT molecular complexity index is 883. The molecule has 0 unspecified atom stereocenters. The van der Waals surface area contributed by atoms with E-state index in [0.717, 1.165) is 10.9 Å². The molecule has 1 heterocycles. The molecule has 8 heteroatoms. The summed E-state index contributed by atoms with van der Waals surface area (Å²) < 4.78 is 44.5. The van der Waals surface area contributed by atoms with Gasteiger partial charge in [0.15, 0.2) is 0 Å². The number of ether oxygens (including phenoxy) is 1. The van der Waals surface area contributed by atoms with Crippen LogP contribution in [0.3, 0.4) is 0 Å². The number of hydrogen-bond acceptors (Lipinski definition) is 3. The van der Waals surface area contributed by atoms with Crippen LogP contribution in [-0.2, 0) is 0 Å². The Labute approximate surface area is 161 Å². The summed E-state index contributed by atoms with van der Waals surface area (Å²) in [5.41, 5.74) is 1.07. The number of hydrogen-bond donors (Lipinski definition) is 2. The monoisotopic (exact) mass is 400 g/mol. The largest absolute Gasteiger partial charge is 0.573 e. The van der Waals surface area contributed by atoms with E-state index in [0.29, 0.717) is 0 Å².